The lowest BCUT2D eigenvalue weighted by Gasteiger charge is -2.36. The van der Waals surface area contributed by atoms with E-state index in [0.29, 0.717) is 28.7 Å². The molecular formula is C11H15ClN2O2S2. The van der Waals surface area contributed by atoms with Gasteiger partial charge in [-0.1, -0.05) is 17.7 Å². The number of rotatable bonds is 2. The highest BCUT2D eigenvalue weighted by Crippen LogP contribution is 2.34. The number of sulfone groups is 1. The van der Waals surface area contributed by atoms with Gasteiger partial charge in [0.1, 0.15) is 5.37 Å². The fraction of sp³-hybridized carbons (Fsp3) is 0.455. The molecule has 2 N–H and O–H groups in total. The maximum absolute atomic E-state index is 11.8. The Morgan fingerprint density at radius 3 is 2.89 bits per heavy atom. The summed E-state index contributed by atoms with van der Waals surface area (Å²) in [5.41, 5.74) is 7.09. The van der Waals surface area contributed by atoms with E-state index in [9.17, 15) is 8.42 Å². The van der Waals surface area contributed by atoms with Crippen LogP contribution in [0.4, 0.5) is 11.4 Å². The van der Waals surface area contributed by atoms with E-state index < -0.39 is 15.2 Å². The lowest BCUT2D eigenvalue weighted by atomic mass is 10.2. The van der Waals surface area contributed by atoms with Gasteiger partial charge in [0.25, 0.3) is 0 Å². The Hall–Kier alpha value is -0.590. The molecule has 1 unspecified atom stereocenters. The van der Waals surface area contributed by atoms with Crippen LogP contribution in [0.5, 0.6) is 0 Å². The van der Waals surface area contributed by atoms with Gasteiger partial charge in [-0.3, -0.25) is 0 Å². The highest BCUT2D eigenvalue weighted by Gasteiger charge is 2.32. The number of thioether (sulfide) groups is 1. The Morgan fingerprint density at radius 1 is 1.50 bits per heavy atom. The molecule has 1 fully saturated rings. The highest BCUT2D eigenvalue weighted by atomic mass is 35.5. The van der Waals surface area contributed by atoms with E-state index in [-0.39, 0.29) is 0 Å². The van der Waals surface area contributed by atoms with E-state index in [0.717, 1.165) is 5.75 Å². The van der Waals surface area contributed by atoms with Crippen LogP contribution >= 0.6 is 23.4 Å². The molecule has 1 heterocycles. The van der Waals surface area contributed by atoms with Gasteiger partial charge in [-0.05, 0) is 12.1 Å². The highest BCUT2D eigenvalue weighted by molar-refractivity contribution is 8.01. The van der Waals surface area contributed by atoms with Crippen LogP contribution in [-0.2, 0) is 9.84 Å². The molecule has 7 heteroatoms. The molecule has 0 radical (unpaired) electrons. The van der Waals surface area contributed by atoms with Gasteiger partial charge in [-0.2, -0.15) is 11.8 Å². The summed E-state index contributed by atoms with van der Waals surface area (Å²) in [5, 5.41) is -0.0741. The molecule has 1 saturated heterocycles. The number of halogens is 1. The van der Waals surface area contributed by atoms with Crippen LogP contribution in [0.2, 0.25) is 5.02 Å². The van der Waals surface area contributed by atoms with E-state index in [1.165, 1.54) is 6.26 Å². The van der Waals surface area contributed by atoms with E-state index in [1.807, 2.05) is 11.0 Å². The molecule has 1 aliphatic rings. The number of nitrogens with two attached hydrogens (primary N) is 1. The molecule has 0 saturated carbocycles. The van der Waals surface area contributed by atoms with E-state index in [2.05, 4.69) is 0 Å². The minimum atomic E-state index is -3.15. The van der Waals surface area contributed by atoms with Gasteiger partial charge < -0.3 is 10.6 Å². The van der Waals surface area contributed by atoms with Crippen LogP contribution in [-0.4, -0.2) is 38.1 Å². The van der Waals surface area contributed by atoms with Gasteiger partial charge in [0, 0.05) is 24.3 Å². The monoisotopic (exact) mass is 306 g/mol. The van der Waals surface area contributed by atoms with Crippen molar-refractivity contribution in [2.45, 2.75) is 5.37 Å². The SMILES string of the molecule is CS(=O)(=O)C1CSCCN1c1cccc(Cl)c1N. The lowest BCUT2D eigenvalue weighted by Crippen LogP contribution is -2.47. The zero-order chi connectivity index (χ0) is 13.3. The predicted molar refractivity (Wildman–Crippen MR) is 79.2 cm³/mol. The first-order valence-electron chi connectivity index (χ1n) is 5.48. The minimum Gasteiger partial charge on any atom is -0.396 e. The second-order valence-corrected chi connectivity index (χ2v) is 7.99. The number of nitrogen functional groups attached to an aromatic ring is 1. The Bertz CT molecular complexity index is 548. The average Bonchev–Trinajstić information content (AvgIpc) is 2.32. The molecule has 1 atom stereocenters. The van der Waals surface area contributed by atoms with Gasteiger partial charge in [-0.25, -0.2) is 8.42 Å². The largest absolute Gasteiger partial charge is 0.396 e. The topological polar surface area (TPSA) is 63.4 Å². The van der Waals surface area contributed by atoms with E-state index >= 15 is 0 Å². The smallest absolute Gasteiger partial charge is 0.169 e. The number of hydrogen-bond acceptors (Lipinski definition) is 5. The van der Waals surface area contributed by atoms with Crippen molar-refractivity contribution in [3.63, 3.8) is 0 Å². The van der Waals surface area contributed by atoms with Crippen molar-refractivity contribution in [1.82, 2.24) is 0 Å². The van der Waals surface area contributed by atoms with Gasteiger partial charge in [0.15, 0.2) is 9.84 Å². The standard InChI is InChI=1S/C11H15ClN2O2S2/c1-18(15,16)10-7-17-6-5-14(10)9-4-2-3-8(12)11(9)13/h2-4,10H,5-7,13H2,1H3. The van der Waals surface area contributed by atoms with Crippen molar-refractivity contribution in [3.8, 4) is 0 Å². The van der Waals surface area contributed by atoms with Crippen LogP contribution in [0.15, 0.2) is 18.2 Å². The van der Waals surface area contributed by atoms with Crippen molar-refractivity contribution in [3.05, 3.63) is 23.2 Å². The number of hydrogen-bond donors (Lipinski definition) is 1. The van der Waals surface area contributed by atoms with Gasteiger partial charge in [0.05, 0.1) is 16.4 Å². The molecule has 1 aromatic carbocycles. The molecule has 4 nitrogen and oxygen atoms in total. The number of para-hydroxylation sites is 1. The number of benzene rings is 1. The van der Waals surface area contributed by atoms with Crippen LogP contribution < -0.4 is 10.6 Å². The molecule has 1 aliphatic heterocycles. The molecular weight excluding hydrogens is 292 g/mol. The van der Waals surface area contributed by atoms with E-state index in [1.54, 1.807) is 23.9 Å². The summed E-state index contributed by atoms with van der Waals surface area (Å²) in [6.45, 7) is 0.660. The molecule has 0 spiro atoms. The summed E-state index contributed by atoms with van der Waals surface area (Å²) in [6, 6.07) is 5.30. The quantitative estimate of drug-likeness (QED) is 0.845. The molecule has 2 rings (SSSR count). The zero-order valence-electron chi connectivity index (χ0n) is 9.97. The minimum absolute atomic E-state index is 0.444. The van der Waals surface area contributed by atoms with Crippen LogP contribution in [0.25, 0.3) is 0 Å². The first-order valence-corrected chi connectivity index (χ1v) is 8.97. The third-order valence-electron chi connectivity index (χ3n) is 2.92. The Kier molecular flexibility index (Phi) is 3.99. The average molecular weight is 307 g/mol. The molecule has 0 bridgehead atoms. The van der Waals surface area contributed by atoms with Crippen LogP contribution in [0.1, 0.15) is 0 Å². The second-order valence-electron chi connectivity index (χ2n) is 4.23. The molecule has 1 aromatic rings. The summed E-state index contributed by atoms with van der Waals surface area (Å²) in [5.74, 6) is 1.45. The first-order chi connectivity index (χ1) is 8.41. The summed E-state index contributed by atoms with van der Waals surface area (Å²) in [4.78, 5) is 1.84. The third kappa shape index (κ3) is 2.70. The van der Waals surface area contributed by atoms with Crippen molar-refractivity contribution in [2.75, 3.05) is 34.9 Å². The molecule has 18 heavy (non-hydrogen) atoms. The number of anilines is 2. The van der Waals surface area contributed by atoms with Crippen molar-refractivity contribution < 1.29 is 8.42 Å². The third-order valence-corrected chi connectivity index (χ3v) is 5.89. The van der Waals surface area contributed by atoms with Crippen molar-refractivity contribution in [2.24, 2.45) is 0 Å². The first kappa shape index (κ1) is 13.8. The molecule has 0 aliphatic carbocycles. The van der Waals surface area contributed by atoms with Crippen LogP contribution in [0.3, 0.4) is 0 Å². The number of nitrogens with zero attached hydrogens (tertiary/aromatic N) is 1. The normalized spacial score (nSPS) is 21.0. The molecule has 0 aromatic heterocycles. The van der Waals surface area contributed by atoms with Gasteiger partial charge >= 0.3 is 0 Å². The fourth-order valence-electron chi connectivity index (χ4n) is 1.99. The maximum Gasteiger partial charge on any atom is 0.169 e. The lowest BCUT2D eigenvalue weighted by molar-refractivity contribution is 0.584. The fourth-order valence-corrected chi connectivity index (χ4v) is 4.99. The van der Waals surface area contributed by atoms with Crippen molar-refractivity contribution in [1.29, 1.82) is 0 Å². The summed E-state index contributed by atoms with van der Waals surface area (Å²) >= 11 is 7.63. The summed E-state index contributed by atoms with van der Waals surface area (Å²) < 4.78 is 23.7. The summed E-state index contributed by atoms with van der Waals surface area (Å²) in [7, 11) is -3.15. The van der Waals surface area contributed by atoms with Crippen molar-refractivity contribution >= 4 is 44.6 Å². The molecule has 100 valence electrons. The Labute approximate surface area is 116 Å². The second kappa shape index (κ2) is 5.19. The predicted octanol–water partition coefficient (Wildman–Crippen LogP) is 1.85. The molecule has 0 amide bonds. The van der Waals surface area contributed by atoms with Crippen LogP contribution in [0, 0.1) is 0 Å². The Balaban J connectivity index is 2.43. The van der Waals surface area contributed by atoms with Gasteiger partial charge in [-0.15, -0.1) is 0 Å². The maximum atomic E-state index is 11.8. The van der Waals surface area contributed by atoms with Gasteiger partial charge in [0.2, 0.25) is 0 Å². The zero-order valence-corrected chi connectivity index (χ0v) is 12.4. The summed E-state index contributed by atoms with van der Waals surface area (Å²) in [6.07, 6.45) is 1.26. The Morgan fingerprint density at radius 2 is 2.22 bits per heavy atom. The van der Waals surface area contributed by atoms with E-state index in [4.69, 9.17) is 17.3 Å².